The molecule has 12 nitrogen and oxygen atoms in total. The molecule has 0 unspecified atom stereocenters. The number of ether oxygens (including phenoxy) is 4. The van der Waals surface area contributed by atoms with Crippen molar-refractivity contribution in [1.82, 2.24) is 14.8 Å². The van der Waals surface area contributed by atoms with Gasteiger partial charge in [0.2, 0.25) is 11.8 Å². The maximum Gasteiger partial charge on any atom is 0.339 e. The number of hydrogen-bond donors (Lipinski definition) is 2. The quantitative estimate of drug-likeness (QED) is 0.314. The van der Waals surface area contributed by atoms with E-state index in [4.69, 9.17) is 18.9 Å². The summed E-state index contributed by atoms with van der Waals surface area (Å²) < 4.78 is 21.6. The molecule has 5 atom stereocenters. The highest BCUT2D eigenvalue weighted by Crippen LogP contribution is 2.37. The van der Waals surface area contributed by atoms with Gasteiger partial charge >= 0.3 is 5.97 Å². The van der Waals surface area contributed by atoms with Crippen molar-refractivity contribution in [2.45, 2.75) is 63.0 Å². The number of carbonyl (C=O) groups is 3. The molecular weight excluding hydrogens is 626 g/mol. The molecule has 1 aromatic carbocycles. The zero-order chi connectivity index (χ0) is 34.5. The summed E-state index contributed by atoms with van der Waals surface area (Å²) in [6.07, 6.45) is -0.685. The normalized spacial score (nSPS) is 23.5. The third-order valence-electron chi connectivity index (χ3n) is 8.44. The van der Waals surface area contributed by atoms with Crippen LogP contribution in [0.15, 0.2) is 47.6 Å². The van der Waals surface area contributed by atoms with Crippen LogP contribution in [0.5, 0.6) is 5.75 Å². The summed E-state index contributed by atoms with van der Waals surface area (Å²) in [5, 5.41) is 22.1. The van der Waals surface area contributed by atoms with Crippen LogP contribution in [0, 0.1) is 11.8 Å². The molecule has 1 aromatic heterocycles. The number of carbonyl (C=O) groups excluding carboxylic acids is 3. The number of nitrogens with zero attached hydrogens (tertiary/aromatic N) is 3. The van der Waals surface area contributed by atoms with Gasteiger partial charge in [-0.2, -0.15) is 0 Å². The van der Waals surface area contributed by atoms with Crippen molar-refractivity contribution in [1.29, 1.82) is 0 Å². The SMILES string of the molecule is COC(=O)c1ccc(SCC(=O)N2CCCCOC[C@H](O)[C@H](O)[C@@H](OC)CN(C(C)=O)C[C@H](C(C)C)[C@H]2c2cccc(OC)c2)nc1. The molecule has 47 heavy (non-hydrogen) atoms. The van der Waals surface area contributed by atoms with Gasteiger partial charge in [-0.3, -0.25) is 9.59 Å². The van der Waals surface area contributed by atoms with E-state index in [0.29, 0.717) is 42.3 Å². The molecular formula is C34H49N3O9S. The number of thioether (sulfide) groups is 1. The van der Waals surface area contributed by atoms with Gasteiger partial charge in [-0.05, 0) is 48.6 Å². The minimum atomic E-state index is -1.27. The maximum absolute atomic E-state index is 14.3. The van der Waals surface area contributed by atoms with Gasteiger partial charge in [-0.1, -0.05) is 37.7 Å². The smallest absolute Gasteiger partial charge is 0.339 e. The van der Waals surface area contributed by atoms with Gasteiger partial charge in [0.25, 0.3) is 0 Å². The minimum Gasteiger partial charge on any atom is -0.497 e. The molecule has 13 heteroatoms. The Bertz CT molecular complexity index is 1300. The van der Waals surface area contributed by atoms with Gasteiger partial charge in [0.05, 0.1) is 43.2 Å². The first-order valence-corrected chi connectivity index (χ1v) is 16.8. The van der Waals surface area contributed by atoms with E-state index in [1.165, 1.54) is 39.1 Å². The van der Waals surface area contributed by atoms with Crippen molar-refractivity contribution in [3.8, 4) is 5.75 Å². The highest BCUT2D eigenvalue weighted by molar-refractivity contribution is 7.99. The number of benzene rings is 1. The standard InChI is InChI=1S/C34H49N3O9S/c1-22(2)27-18-36(23(3)38)19-29(44-5)33(41)28(39)20-46-15-8-7-14-37(32(27)24-10-9-11-26(16-24)43-4)31(40)21-47-30-13-12-25(17-35-30)34(42)45-6/h9-13,16-17,22,27-29,32-33,39,41H,7-8,14-15,18-21H2,1-6H3/t27-,28+,29+,32-,33+/m1/s1. The van der Waals surface area contributed by atoms with E-state index in [9.17, 15) is 24.6 Å². The summed E-state index contributed by atoms with van der Waals surface area (Å²) in [4.78, 5) is 47.0. The van der Waals surface area contributed by atoms with E-state index in [-0.39, 0.29) is 49.1 Å². The van der Waals surface area contributed by atoms with Crippen LogP contribution in [0.25, 0.3) is 0 Å². The number of aromatic nitrogens is 1. The van der Waals surface area contributed by atoms with E-state index < -0.39 is 30.3 Å². The van der Waals surface area contributed by atoms with Gasteiger partial charge < -0.3 is 39.0 Å². The van der Waals surface area contributed by atoms with Crippen molar-refractivity contribution >= 4 is 29.5 Å². The van der Waals surface area contributed by atoms with E-state index >= 15 is 0 Å². The fourth-order valence-electron chi connectivity index (χ4n) is 5.66. The molecule has 2 aromatic rings. The van der Waals surface area contributed by atoms with Crippen molar-refractivity contribution in [2.24, 2.45) is 11.8 Å². The van der Waals surface area contributed by atoms with Crippen LogP contribution >= 0.6 is 11.8 Å². The molecule has 1 fully saturated rings. The zero-order valence-electron chi connectivity index (χ0n) is 28.2. The van der Waals surface area contributed by atoms with Crippen molar-refractivity contribution in [2.75, 3.05) is 59.9 Å². The number of methoxy groups -OCH3 is 3. The number of esters is 1. The van der Waals surface area contributed by atoms with Crippen LogP contribution in [0.1, 0.15) is 55.6 Å². The van der Waals surface area contributed by atoms with Crippen molar-refractivity contribution in [3.63, 3.8) is 0 Å². The molecule has 0 saturated carbocycles. The third-order valence-corrected chi connectivity index (χ3v) is 9.36. The van der Waals surface area contributed by atoms with Crippen LogP contribution in [-0.2, 0) is 23.8 Å². The van der Waals surface area contributed by atoms with Gasteiger partial charge in [0.1, 0.15) is 24.1 Å². The zero-order valence-corrected chi connectivity index (χ0v) is 29.0. The largest absolute Gasteiger partial charge is 0.497 e. The van der Waals surface area contributed by atoms with Gasteiger partial charge in [0.15, 0.2) is 0 Å². The third kappa shape index (κ3) is 10.9. The summed E-state index contributed by atoms with van der Waals surface area (Å²) in [7, 11) is 4.33. The Hall–Kier alpha value is -3.23. The topological polar surface area (TPSA) is 148 Å². The molecule has 1 saturated heterocycles. The lowest BCUT2D eigenvalue weighted by Crippen LogP contribution is -2.51. The van der Waals surface area contributed by atoms with Gasteiger partial charge in [-0.25, -0.2) is 9.78 Å². The lowest BCUT2D eigenvalue weighted by Gasteiger charge is -2.42. The van der Waals surface area contributed by atoms with Gasteiger partial charge in [-0.15, -0.1) is 0 Å². The monoisotopic (exact) mass is 675 g/mol. The average molecular weight is 676 g/mol. The molecule has 2 N–H and O–H groups in total. The first-order valence-electron chi connectivity index (χ1n) is 15.8. The van der Waals surface area contributed by atoms with Crippen molar-refractivity contribution < 1.29 is 43.5 Å². The molecule has 1 aliphatic heterocycles. The van der Waals surface area contributed by atoms with E-state index in [0.717, 1.165) is 5.56 Å². The van der Waals surface area contributed by atoms with E-state index in [1.807, 2.05) is 29.2 Å². The number of aliphatic hydroxyl groups excluding tert-OH is 2. The first-order chi connectivity index (χ1) is 22.5. The Morgan fingerprint density at radius 1 is 1.09 bits per heavy atom. The van der Waals surface area contributed by atoms with Crippen LogP contribution in [0.4, 0.5) is 0 Å². The van der Waals surface area contributed by atoms with Crippen LogP contribution in [-0.4, -0.2) is 121 Å². The molecule has 0 bridgehead atoms. The lowest BCUT2D eigenvalue weighted by atomic mass is 9.82. The van der Waals surface area contributed by atoms with E-state index in [1.54, 1.807) is 24.1 Å². The first kappa shape index (κ1) is 38.2. The molecule has 260 valence electrons. The number of hydrogen-bond acceptors (Lipinski definition) is 11. The second-order valence-corrected chi connectivity index (χ2v) is 12.9. The number of rotatable bonds is 8. The highest BCUT2D eigenvalue weighted by atomic mass is 32.2. The predicted molar refractivity (Wildman–Crippen MR) is 177 cm³/mol. The fourth-order valence-corrected chi connectivity index (χ4v) is 6.39. The van der Waals surface area contributed by atoms with Crippen LogP contribution in [0.3, 0.4) is 0 Å². The maximum atomic E-state index is 14.3. The van der Waals surface area contributed by atoms with Crippen LogP contribution < -0.4 is 4.74 Å². The molecule has 0 aliphatic carbocycles. The molecule has 2 heterocycles. The minimum absolute atomic E-state index is 0.0130. The molecule has 2 amide bonds. The van der Waals surface area contributed by atoms with Crippen LogP contribution in [0.2, 0.25) is 0 Å². The summed E-state index contributed by atoms with van der Waals surface area (Å²) in [6, 6.07) is 10.5. The van der Waals surface area contributed by atoms with Crippen molar-refractivity contribution in [3.05, 3.63) is 53.7 Å². The molecule has 0 radical (unpaired) electrons. The predicted octanol–water partition coefficient (Wildman–Crippen LogP) is 3.21. The Balaban J connectivity index is 2.05. The lowest BCUT2D eigenvalue weighted by molar-refractivity contribution is -0.139. The molecule has 3 rings (SSSR count). The van der Waals surface area contributed by atoms with E-state index in [2.05, 4.69) is 18.8 Å². The van der Waals surface area contributed by atoms with Gasteiger partial charge in [0, 0.05) is 52.4 Å². The summed E-state index contributed by atoms with van der Waals surface area (Å²) in [5.41, 5.74) is 1.18. The summed E-state index contributed by atoms with van der Waals surface area (Å²) >= 11 is 1.27. The highest BCUT2D eigenvalue weighted by Gasteiger charge is 2.37. The number of pyridine rings is 1. The molecule has 0 spiro atoms. The second kappa shape index (κ2) is 18.9. The number of aliphatic hydroxyl groups is 2. The second-order valence-electron chi connectivity index (χ2n) is 11.9. The Morgan fingerprint density at radius 3 is 2.47 bits per heavy atom. The Kier molecular flexibility index (Phi) is 15.4. The summed E-state index contributed by atoms with van der Waals surface area (Å²) in [5.74, 6) is -0.320. The Morgan fingerprint density at radius 2 is 1.85 bits per heavy atom. The fraction of sp³-hybridized carbons (Fsp3) is 0.588. The Labute approximate surface area is 281 Å². The average Bonchev–Trinajstić information content (AvgIpc) is 3.08. The summed E-state index contributed by atoms with van der Waals surface area (Å²) in [6.45, 7) is 6.53. The molecule has 1 aliphatic rings. The number of amides is 2.